The third kappa shape index (κ3) is 2.95. The summed E-state index contributed by atoms with van der Waals surface area (Å²) in [7, 11) is 0. The fourth-order valence-corrected chi connectivity index (χ4v) is 2.45. The van der Waals surface area contributed by atoms with Gasteiger partial charge in [0.2, 0.25) is 5.91 Å². The molecule has 2 aliphatic heterocycles. The predicted molar refractivity (Wildman–Crippen MR) is 62.2 cm³/mol. The monoisotopic (exact) mass is 226 g/mol. The lowest BCUT2D eigenvalue weighted by Gasteiger charge is -2.36. The summed E-state index contributed by atoms with van der Waals surface area (Å²) in [4.78, 5) is 12.1. The average molecular weight is 226 g/mol. The molecule has 0 saturated carbocycles. The van der Waals surface area contributed by atoms with Gasteiger partial charge in [0, 0.05) is 12.1 Å². The summed E-state index contributed by atoms with van der Waals surface area (Å²) in [5.74, 6) is 0.254. The molecule has 0 spiro atoms. The molecule has 0 radical (unpaired) electrons. The van der Waals surface area contributed by atoms with E-state index in [0.717, 1.165) is 45.4 Å². The second-order valence-corrected chi connectivity index (χ2v) is 5.21. The van der Waals surface area contributed by atoms with Crippen molar-refractivity contribution in [1.29, 1.82) is 0 Å². The molecule has 0 aliphatic carbocycles. The van der Waals surface area contributed by atoms with E-state index in [0.29, 0.717) is 6.61 Å². The van der Waals surface area contributed by atoms with Gasteiger partial charge in [-0.05, 0) is 45.7 Å². The molecule has 2 heterocycles. The van der Waals surface area contributed by atoms with Crippen LogP contribution in [0.5, 0.6) is 0 Å². The van der Waals surface area contributed by atoms with Crippen molar-refractivity contribution < 1.29 is 9.53 Å². The van der Waals surface area contributed by atoms with Gasteiger partial charge in [-0.2, -0.15) is 0 Å². The molecular weight excluding hydrogens is 204 g/mol. The summed E-state index contributed by atoms with van der Waals surface area (Å²) in [5, 5.41) is 6.52. The summed E-state index contributed by atoms with van der Waals surface area (Å²) in [6, 6.07) is 0. The fraction of sp³-hybridized carbons (Fsp3) is 0.917. The zero-order chi connectivity index (χ0) is 11.4. The van der Waals surface area contributed by atoms with Gasteiger partial charge in [0.1, 0.15) is 0 Å². The van der Waals surface area contributed by atoms with Gasteiger partial charge in [0.05, 0.1) is 12.5 Å². The largest absolute Gasteiger partial charge is 0.381 e. The minimum Gasteiger partial charge on any atom is -0.381 e. The van der Waals surface area contributed by atoms with Gasteiger partial charge in [-0.1, -0.05) is 0 Å². The number of ether oxygens (including phenoxy) is 1. The SMILES string of the molecule is CC1(NC(=O)C2CCCOC2)CCNCC1. The molecule has 2 aliphatic rings. The highest BCUT2D eigenvalue weighted by Crippen LogP contribution is 2.20. The van der Waals surface area contributed by atoms with Crippen LogP contribution in [0.1, 0.15) is 32.6 Å². The van der Waals surface area contributed by atoms with Crippen molar-refractivity contribution in [2.45, 2.75) is 38.1 Å². The number of rotatable bonds is 2. The zero-order valence-electron chi connectivity index (χ0n) is 10.1. The molecule has 1 amide bonds. The van der Waals surface area contributed by atoms with Crippen LogP contribution in [0.3, 0.4) is 0 Å². The summed E-state index contributed by atoms with van der Waals surface area (Å²) >= 11 is 0. The number of piperidine rings is 1. The molecule has 4 heteroatoms. The van der Waals surface area contributed by atoms with E-state index in [1.165, 1.54) is 0 Å². The Morgan fingerprint density at radius 2 is 2.19 bits per heavy atom. The molecule has 2 fully saturated rings. The summed E-state index contributed by atoms with van der Waals surface area (Å²) < 4.78 is 5.35. The van der Waals surface area contributed by atoms with E-state index >= 15 is 0 Å². The van der Waals surface area contributed by atoms with Gasteiger partial charge >= 0.3 is 0 Å². The standard InChI is InChI=1S/C12H22N2O2/c1-12(4-6-13-7-5-12)14-11(15)10-3-2-8-16-9-10/h10,13H,2-9H2,1H3,(H,14,15). The van der Waals surface area contributed by atoms with Crippen molar-refractivity contribution in [3.63, 3.8) is 0 Å². The second-order valence-electron chi connectivity index (χ2n) is 5.21. The van der Waals surface area contributed by atoms with E-state index in [4.69, 9.17) is 4.74 Å². The van der Waals surface area contributed by atoms with E-state index in [-0.39, 0.29) is 17.4 Å². The molecule has 1 atom stereocenters. The molecule has 1 unspecified atom stereocenters. The molecule has 2 saturated heterocycles. The molecular formula is C12H22N2O2. The smallest absolute Gasteiger partial charge is 0.225 e. The Morgan fingerprint density at radius 1 is 1.44 bits per heavy atom. The number of carbonyl (C=O) groups excluding carboxylic acids is 1. The van der Waals surface area contributed by atoms with Crippen molar-refractivity contribution in [2.24, 2.45) is 5.92 Å². The first-order chi connectivity index (χ1) is 7.70. The van der Waals surface area contributed by atoms with E-state index in [9.17, 15) is 4.79 Å². The fourth-order valence-electron chi connectivity index (χ4n) is 2.45. The van der Waals surface area contributed by atoms with Crippen molar-refractivity contribution >= 4 is 5.91 Å². The lowest BCUT2D eigenvalue weighted by atomic mass is 9.89. The summed E-state index contributed by atoms with van der Waals surface area (Å²) in [6.07, 6.45) is 4.02. The van der Waals surface area contributed by atoms with Gasteiger partial charge in [-0.15, -0.1) is 0 Å². The minimum absolute atomic E-state index is 0.0141. The lowest BCUT2D eigenvalue weighted by Crippen LogP contribution is -2.54. The first-order valence-electron chi connectivity index (χ1n) is 6.30. The first-order valence-corrected chi connectivity index (χ1v) is 6.30. The molecule has 4 nitrogen and oxygen atoms in total. The van der Waals surface area contributed by atoms with Gasteiger partial charge in [0.15, 0.2) is 0 Å². The summed E-state index contributed by atoms with van der Waals surface area (Å²) in [6.45, 7) is 5.55. The maximum Gasteiger partial charge on any atom is 0.225 e. The van der Waals surface area contributed by atoms with Crippen LogP contribution in [0.2, 0.25) is 0 Å². The highest BCUT2D eigenvalue weighted by atomic mass is 16.5. The number of carbonyl (C=O) groups is 1. The molecule has 0 aromatic carbocycles. The third-order valence-electron chi connectivity index (χ3n) is 3.66. The van der Waals surface area contributed by atoms with Crippen LogP contribution < -0.4 is 10.6 Å². The minimum atomic E-state index is -0.0141. The predicted octanol–water partition coefficient (Wildman–Crippen LogP) is 0.671. The molecule has 0 bridgehead atoms. The molecule has 2 rings (SSSR count). The van der Waals surface area contributed by atoms with E-state index < -0.39 is 0 Å². The van der Waals surface area contributed by atoms with Gasteiger partial charge < -0.3 is 15.4 Å². The van der Waals surface area contributed by atoms with Crippen molar-refractivity contribution in [3.8, 4) is 0 Å². The van der Waals surface area contributed by atoms with Crippen LogP contribution in [-0.2, 0) is 9.53 Å². The van der Waals surface area contributed by atoms with E-state index in [1.54, 1.807) is 0 Å². The van der Waals surface area contributed by atoms with E-state index in [2.05, 4.69) is 17.6 Å². The second kappa shape index (κ2) is 5.15. The van der Waals surface area contributed by atoms with Crippen LogP contribution in [0.4, 0.5) is 0 Å². The van der Waals surface area contributed by atoms with Crippen LogP contribution in [0.15, 0.2) is 0 Å². The third-order valence-corrected chi connectivity index (χ3v) is 3.66. The Kier molecular flexibility index (Phi) is 3.82. The van der Waals surface area contributed by atoms with Crippen molar-refractivity contribution in [3.05, 3.63) is 0 Å². The highest BCUT2D eigenvalue weighted by molar-refractivity contribution is 5.79. The molecule has 92 valence electrons. The maximum absolute atomic E-state index is 12.1. The van der Waals surface area contributed by atoms with Gasteiger partial charge in [-0.25, -0.2) is 0 Å². The Morgan fingerprint density at radius 3 is 2.81 bits per heavy atom. The Bertz CT molecular complexity index is 243. The Hall–Kier alpha value is -0.610. The lowest BCUT2D eigenvalue weighted by molar-refractivity contribution is -0.131. The van der Waals surface area contributed by atoms with Crippen molar-refractivity contribution in [1.82, 2.24) is 10.6 Å². The average Bonchev–Trinajstić information content (AvgIpc) is 2.30. The van der Waals surface area contributed by atoms with Crippen LogP contribution in [0, 0.1) is 5.92 Å². The number of amides is 1. The van der Waals surface area contributed by atoms with Crippen LogP contribution in [-0.4, -0.2) is 37.7 Å². The summed E-state index contributed by atoms with van der Waals surface area (Å²) in [5.41, 5.74) is -0.0141. The normalized spacial score (nSPS) is 29.7. The maximum atomic E-state index is 12.1. The first kappa shape index (κ1) is 11.9. The van der Waals surface area contributed by atoms with Crippen LogP contribution in [0.25, 0.3) is 0 Å². The van der Waals surface area contributed by atoms with Gasteiger partial charge in [-0.3, -0.25) is 4.79 Å². The quantitative estimate of drug-likeness (QED) is 0.727. The van der Waals surface area contributed by atoms with Crippen LogP contribution >= 0.6 is 0 Å². The van der Waals surface area contributed by atoms with Crippen molar-refractivity contribution in [2.75, 3.05) is 26.3 Å². The van der Waals surface area contributed by atoms with E-state index in [1.807, 2.05) is 0 Å². The molecule has 0 aromatic heterocycles. The van der Waals surface area contributed by atoms with Gasteiger partial charge in [0.25, 0.3) is 0 Å². The number of hydrogen-bond acceptors (Lipinski definition) is 3. The Balaban J connectivity index is 1.85. The molecule has 2 N–H and O–H groups in total. The topological polar surface area (TPSA) is 50.4 Å². The highest BCUT2D eigenvalue weighted by Gasteiger charge is 2.31. The molecule has 0 aromatic rings. The number of nitrogens with one attached hydrogen (secondary N) is 2. The zero-order valence-corrected chi connectivity index (χ0v) is 10.1. The number of hydrogen-bond donors (Lipinski definition) is 2. The molecule has 16 heavy (non-hydrogen) atoms. The Labute approximate surface area is 97.1 Å².